The van der Waals surface area contributed by atoms with Gasteiger partial charge >= 0.3 is 5.97 Å². The zero-order valence-electron chi connectivity index (χ0n) is 27.0. The van der Waals surface area contributed by atoms with Crippen LogP contribution in [0.5, 0.6) is 11.5 Å². The normalized spacial score (nSPS) is 12.4. The van der Waals surface area contributed by atoms with E-state index in [0.717, 1.165) is 11.1 Å². The average Bonchev–Trinajstić information content (AvgIpc) is 3.12. The van der Waals surface area contributed by atoms with Crippen LogP contribution in [0.2, 0.25) is 0 Å². The minimum atomic E-state index is -0.709. The van der Waals surface area contributed by atoms with E-state index in [4.69, 9.17) is 18.9 Å². The summed E-state index contributed by atoms with van der Waals surface area (Å²) in [6.45, 7) is 3.14. The smallest absolute Gasteiger partial charge is 0.344 e. The van der Waals surface area contributed by atoms with Gasteiger partial charge in [-0.05, 0) is 61.4 Å². The molecule has 4 aromatic carbocycles. The van der Waals surface area contributed by atoms with Crippen molar-refractivity contribution in [2.24, 2.45) is 0 Å². The third kappa shape index (κ3) is 12.0. The summed E-state index contributed by atoms with van der Waals surface area (Å²) in [7, 11) is 0. The fraction of sp³-hybridized carbons (Fsp3) is 0.200. The summed E-state index contributed by atoms with van der Waals surface area (Å²) in [5, 5.41) is 0. The number of hydrogen-bond acceptors (Lipinski definition) is 8. The lowest BCUT2D eigenvalue weighted by Gasteiger charge is -2.18. The number of ether oxygens (including phenoxy) is 4. The van der Waals surface area contributed by atoms with Gasteiger partial charge in [-0.1, -0.05) is 97.1 Å². The molecule has 0 amide bonds. The summed E-state index contributed by atoms with van der Waals surface area (Å²) in [4.78, 5) is 49.2. The van der Waals surface area contributed by atoms with Crippen LogP contribution in [0.15, 0.2) is 121 Å². The van der Waals surface area contributed by atoms with E-state index >= 15 is 0 Å². The third-order valence-electron chi connectivity index (χ3n) is 7.15. The molecule has 8 heteroatoms. The quantitative estimate of drug-likeness (QED) is 0.0634. The second-order valence-corrected chi connectivity index (χ2v) is 10.9. The van der Waals surface area contributed by atoms with Crippen molar-refractivity contribution >= 4 is 35.5 Å². The predicted molar refractivity (Wildman–Crippen MR) is 184 cm³/mol. The van der Waals surface area contributed by atoms with Crippen LogP contribution < -0.4 is 9.47 Å². The summed E-state index contributed by atoms with van der Waals surface area (Å²) in [6.07, 6.45) is 5.82. The molecule has 0 radical (unpaired) electrons. The van der Waals surface area contributed by atoms with E-state index in [1.165, 1.54) is 12.2 Å². The number of hydrogen-bond donors (Lipinski definition) is 0. The maximum absolute atomic E-state index is 12.6. The molecule has 2 unspecified atom stereocenters. The number of benzene rings is 4. The molecular formula is C40H38O8. The van der Waals surface area contributed by atoms with Crippen LogP contribution in [0.1, 0.15) is 52.1 Å². The van der Waals surface area contributed by atoms with Gasteiger partial charge in [-0.15, -0.1) is 0 Å². The van der Waals surface area contributed by atoms with Crippen LogP contribution >= 0.6 is 0 Å². The molecule has 0 aliphatic carbocycles. The molecular weight excluding hydrogens is 608 g/mol. The molecule has 0 aliphatic heterocycles. The molecule has 0 saturated heterocycles. The number of rotatable bonds is 18. The minimum Gasteiger partial charge on any atom is -0.486 e. The Kier molecular flexibility index (Phi) is 13.6. The van der Waals surface area contributed by atoms with Crippen LogP contribution in [0.3, 0.4) is 0 Å². The summed E-state index contributed by atoms with van der Waals surface area (Å²) >= 11 is 0. The van der Waals surface area contributed by atoms with Gasteiger partial charge in [0.2, 0.25) is 0 Å². The van der Waals surface area contributed by atoms with Gasteiger partial charge in [-0.2, -0.15) is 0 Å². The van der Waals surface area contributed by atoms with Gasteiger partial charge in [0.05, 0.1) is 12.7 Å². The van der Waals surface area contributed by atoms with Crippen molar-refractivity contribution in [3.8, 4) is 11.5 Å². The van der Waals surface area contributed by atoms with Gasteiger partial charge in [-0.3, -0.25) is 14.4 Å². The second kappa shape index (κ2) is 18.5. The first-order valence-electron chi connectivity index (χ1n) is 15.6. The molecule has 0 fully saturated rings. The van der Waals surface area contributed by atoms with Gasteiger partial charge in [0.25, 0.3) is 0 Å². The van der Waals surface area contributed by atoms with E-state index in [0.29, 0.717) is 29.0 Å². The van der Waals surface area contributed by atoms with Crippen molar-refractivity contribution in [3.63, 3.8) is 0 Å². The van der Waals surface area contributed by atoms with E-state index in [1.54, 1.807) is 98.8 Å². The van der Waals surface area contributed by atoms with Gasteiger partial charge < -0.3 is 18.9 Å². The molecule has 0 bridgehead atoms. The Morgan fingerprint density at radius 1 is 0.604 bits per heavy atom. The monoisotopic (exact) mass is 646 g/mol. The number of carbonyl (C=O) groups is 4. The van der Waals surface area contributed by atoms with Gasteiger partial charge in [0.1, 0.15) is 24.2 Å². The molecule has 246 valence electrons. The summed E-state index contributed by atoms with van der Waals surface area (Å²) < 4.78 is 22.1. The Morgan fingerprint density at radius 3 is 1.54 bits per heavy atom. The third-order valence-corrected chi connectivity index (χ3v) is 7.15. The molecule has 4 rings (SSSR count). The lowest BCUT2D eigenvalue weighted by Crippen LogP contribution is -2.30. The zero-order valence-corrected chi connectivity index (χ0v) is 27.0. The highest BCUT2D eigenvalue weighted by molar-refractivity contribution is 6.07. The van der Waals surface area contributed by atoms with Crippen molar-refractivity contribution < 1.29 is 38.1 Å². The molecule has 2 atom stereocenters. The fourth-order valence-corrected chi connectivity index (χ4v) is 4.38. The van der Waals surface area contributed by atoms with Crippen molar-refractivity contribution in [2.75, 3.05) is 19.8 Å². The molecule has 0 aromatic heterocycles. The van der Waals surface area contributed by atoms with Gasteiger partial charge in [0, 0.05) is 17.5 Å². The van der Waals surface area contributed by atoms with Crippen LogP contribution in [0, 0.1) is 0 Å². The number of esters is 1. The van der Waals surface area contributed by atoms with E-state index in [1.807, 2.05) is 36.4 Å². The Hall–Kier alpha value is -5.60. The standard InChI is InChI=1S/C40H38O8/c1-29(25-26-45-40(44)28-47-36-21-15-32(16-22-36)18-24-38(42)34-11-7-4-8-12-34)48-30(2)39(43)27-46-35-19-13-31(14-20-35)17-23-37(41)33-9-5-3-6-10-33/h3-24,29-30H,25-28H2,1-2H3/b23-17+,24-18-. The number of ketones is 3. The largest absolute Gasteiger partial charge is 0.486 e. The average molecular weight is 647 g/mol. The number of carbonyl (C=O) groups excluding carboxylic acids is 4. The highest BCUT2D eigenvalue weighted by Crippen LogP contribution is 2.16. The maximum atomic E-state index is 12.6. The lowest BCUT2D eigenvalue weighted by atomic mass is 10.1. The Labute approximate surface area is 280 Å². The van der Waals surface area contributed by atoms with E-state index < -0.39 is 12.1 Å². The van der Waals surface area contributed by atoms with E-state index in [-0.39, 0.29) is 43.3 Å². The molecule has 0 aliphatic rings. The molecule has 0 spiro atoms. The lowest BCUT2D eigenvalue weighted by molar-refractivity contribution is -0.148. The zero-order chi connectivity index (χ0) is 34.1. The van der Waals surface area contributed by atoms with Crippen molar-refractivity contribution in [1.29, 1.82) is 0 Å². The van der Waals surface area contributed by atoms with Crippen molar-refractivity contribution in [2.45, 2.75) is 32.5 Å². The Balaban J connectivity index is 1.08. The fourth-order valence-electron chi connectivity index (χ4n) is 4.38. The first kappa shape index (κ1) is 35.3. The molecule has 4 aromatic rings. The molecule has 48 heavy (non-hydrogen) atoms. The summed E-state index contributed by atoms with van der Waals surface area (Å²) in [6, 6.07) is 32.1. The SMILES string of the molecule is CC(CCOC(=O)COc1ccc(/C=C\C(=O)c2ccccc2)cc1)OC(C)C(=O)COc1ccc(/C=C/C(=O)c2ccccc2)cc1. The van der Waals surface area contributed by atoms with Crippen LogP contribution in [-0.2, 0) is 19.1 Å². The molecule has 0 N–H and O–H groups in total. The molecule has 0 saturated carbocycles. The summed E-state index contributed by atoms with van der Waals surface area (Å²) in [5.74, 6) is 0.0889. The summed E-state index contributed by atoms with van der Waals surface area (Å²) in [5.41, 5.74) is 2.88. The highest BCUT2D eigenvalue weighted by Gasteiger charge is 2.18. The highest BCUT2D eigenvalue weighted by atomic mass is 16.6. The van der Waals surface area contributed by atoms with Gasteiger partial charge in [-0.25, -0.2) is 4.79 Å². The van der Waals surface area contributed by atoms with Crippen molar-refractivity contribution in [3.05, 3.63) is 144 Å². The molecule has 8 nitrogen and oxygen atoms in total. The van der Waals surface area contributed by atoms with E-state index in [9.17, 15) is 19.2 Å². The van der Waals surface area contributed by atoms with Crippen LogP contribution in [0.4, 0.5) is 0 Å². The number of Topliss-reactive ketones (excluding diaryl/α,β-unsaturated/α-hetero) is 1. The van der Waals surface area contributed by atoms with Crippen LogP contribution in [-0.4, -0.2) is 55.3 Å². The second-order valence-electron chi connectivity index (χ2n) is 10.9. The van der Waals surface area contributed by atoms with Crippen molar-refractivity contribution in [1.82, 2.24) is 0 Å². The van der Waals surface area contributed by atoms with Crippen LogP contribution in [0.25, 0.3) is 12.2 Å². The number of allylic oxidation sites excluding steroid dienone is 2. The minimum absolute atomic E-state index is 0.0839. The molecule has 0 heterocycles. The first-order chi connectivity index (χ1) is 23.3. The van der Waals surface area contributed by atoms with E-state index in [2.05, 4.69) is 0 Å². The first-order valence-corrected chi connectivity index (χ1v) is 15.6. The maximum Gasteiger partial charge on any atom is 0.344 e. The topological polar surface area (TPSA) is 105 Å². The predicted octanol–water partition coefficient (Wildman–Crippen LogP) is 7.23. The Morgan fingerprint density at radius 2 is 1.06 bits per heavy atom. The Bertz CT molecular complexity index is 1690. The van der Waals surface area contributed by atoms with Gasteiger partial charge in [0.15, 0.2) is 24.0 Å².